The van der Waals surface area contributed by atoms with E-state index in [4.69, 9.17) is 5.73 Å². The Morgan fingerprint density at radius 2 is 1.87 bits per heavy atom. The van der Waals surface area contributed by atoms with Crippen LogP contribution in [0.1, 0.15) is 46.5 Å². The Bertz CT molecular complexity index is 181. The molecule has 0 aromatic carbocycles. The summed E-state index contributed by atoms with van der Waals surface area (Å²) < 4.78 is 0. The van der Waals surface area contributed by atoms with E-state index in [1.807, 2.05) is 0 Å². The predicted octanol–water partition coefficient (Wildman–Crippen LogP) is 2.48. The molecular weight excluding hydrogens is 184 g/mol. The van der Waals surface area contributed by atoms with Gasteiger partial charge < -0.3 is 5.73 Å². The smallest absolute Gasteiger partial charge is 0.0329 e. The zero-order valence-corrected chi connectivity index (χ0v) is 10.9. The number of hydrogen-bond donors (Lipinski definition) is 1. The number of likely N-dealkylation sites (N-methyl/N-ethyl adjacent to an activating group) is 1. The topological polar surface area (TPSA) is 29.3 Å². The average molecular weight is 212 g/mol. The summed E-state index contributed by atoms with van der Waals surface area (Å²) in [7, 11) is 2.25. The fourth-order valence-corrected chi connectivity index (χ4v) is 2.78. The fraction of sp³-hybridized carbons (Fsp3) is 1.00. The van der Waals surface area contributed by atoms with Gasteiger partial charge >= 0.3 is 0 Å². The molecule has 0 aromatic rings. The Balaban J connectivity index is 2.59. The second-order valence-corrected chi connectivity index (χ2v) is 5.89. The molecule has 0 heterocycles. The summed E-state index contributed by atoms with van der Waals surface area (Å²) in [5.41, 5.74) is 6.32. The first kappa shape index (κ1) is 13.0. The zero-order valence-electron chi connectivity index (χ0n) is 10.9. The molecule has 0 saturated heterocycles. The van der Waals surface area contributed by atoms with Gasteiger partial charge in [0.1, 0.15) is 0 Å². The van der Waals surface area contributed by atoms with Crippen LogP contribution in [-0.2, 0) is 0 Å². The van der Waals surface area contributed by atoms with Crippen LogP contribution in [0.15, 0.2) is 0 Å². The van der Waals surface area contributed by atoms with Gasteiger partial charge in [0.15, 0.2) is 0 Å². The van der Waals surface area contributed by atoms with Crippen LogP contribution in [0.25, 0.3) is 0 Å². The van der Waals surface area contributed by atoms with Crippen molar-refractivity contribution in [1.82, 2.24) is 4.90 Å². The average Bonchev–Trinajstić information content (AvgIpc) is 2.18. The molecule has 0 radical (unpaired) electrons. The van der Waals surface area contributed by atoms with E-state index in [-0.39, 0.29) is 0 Å². The van der Waals surface area contributed by atoms with Crippen molar-refractivity contribution in [2.45, 2.75) is 52.0 Å². The highest BCUT2D eigenvalue weighted by molar-refractivity contribution is 4.94. The molecule has 2 nitrogen and oxygen atoms in total. The summed E-state index contributed by atoms with van der Waals surface area (Å²) in [6, 6.07) is 0. The van der Waals surface area contributed by atoms with Gasteiger partial charge in [0.25, 0.3) is 0 Å². The molecule has 0 spiro atoms. The summed E-state index contributed by atoms with van der Waals surface area (Å²) >= 11 is 0. The second-order valence-electron chi connectivity index (χ2n) is 5.89. The molecule has 0 aromatic heterocycles. The third kappa shape index (κ3) is 3.18. The van der Waals surface area contributed by atoms with Crippen LogP contribution in [0.3, 0.4) is 0 Å². The van der Waals surface area contributed by atoms with Crippen molar-refractivity contribution in [1.29, 1.82) is 0 Å². The quantitative estimate of drug-likeness (QED) is 0.776. The molecular formula is C13H28N2. The van der Waals surface area contributed by atoms with Crippen molar-refractivity contribution in [2.24, 2.45) is 17.6 Å². The zero-order chi connectivity index (χ0) is 11.5. The maximum absolute atomic E-state index is 6.02. The van der Waals surface area contributed by atoms with Gasteiger partial charge in [-0.1, -0.05) is 20.8 Å². The minimum Gasteiger partial charge on any atom is -0.329 e. The molecule has 2 heteroatoms. The van der Waals surface area contributed by atoms with Gasteiger partial charge in [0.05, 0.1) is 0 Å². The van der Waals surface area contributed by atoms with Crippen molar-refractivity contribution in [2.75, 3.05) is 20.1 Å². The molecule has 0 unspecified atom stereocenters. The summed E-state index contributed by atoms with van der Waals surface area (Å²) in [6.07, 6.45) is 5.26. The summed E-state index contributed by atoms with van der Waals surface area (Å²) in [5.74, 6) is 1.63. The van der Waals surface area contributed by atoms with E-state index in [0.717, 1.165) is 18.4 Å². The molecule has 90 valence electrons. The van der Waals surface area contributed by atoms with Crippen molar-refractivity contribution in [3.63, 3.8) is 0 Å². The van der Waals surface area contributed by atoms with E-state index in [1.165, 1.54) is 32.2 Å². The highest BCUT2D eigenvalue weighted by Gasteiger charge is 2.36. The van der Waals surface area contributed by atoms with Crippen molar-refractivity contribution < 1.29 is 0 Å². The standard InChI is InChI=1S/C13H28N2/c1-11(2)9-15(4)13(10-14)7-5-12(3)6-8-13/h11-12H,5-10,14H2,1-4H3. The Morgan fingerprint density at radius 3 is 2.27 bits per heavy atom. The summed E-state index contributed by atoms with van der Waals surface area (Å²) in [5, 5.41) is 0. The van der Waals surface area contributed by atoms with Crippen LogP contribution in [0.4, 0.5) is 0 Å². The van der Waals surface area contributed by atoms with Gasteiger partial charge in [0.2, 0.25) is 0 Å². The normalized spacial score (nSPS) is 32.6. The lowest BCUT2D eigenvalue weighted by atomic mass is 9.76. The minimum absolute atomic E-state index is 0.302. The highest BCUT2D eigenvalue weighted by Crippen LogP contribution is 2.35. The van der Waals surface area contributed by atoms with E-state index in [1.54, 1.807) is 0 Å². The third-order valence-electron chi connectivity index (χ3n) is 4.03. The van der Waals surface area contributed by atoms with E-state index >= 15 is 0 Å². The predicted molar refractivity (Wildman–Crippen MR) is 66.9 cm³/mol. The summed E-state index contributed by atoms with van der Waals surface area (Å²) in [6.45, 7) is 8.93. The van der Waals surface area contributed by atoms with Gasteiger partial charge in [-0.05, 0) is 44.6 Å². The maximum atomic E-state index is 6.02. The fourth-order valence-electron chi connectivity index (χ4n) is 2.78. The molecule has 0 aliphatic heterocycles. The van der Waals surface area contributed by atoms with Crippen molar-refractivity contribution in [3.8, 4) is 0 Å². The summed E-state index contributed by atoms with van der Waals surface area (Å²) in [4.78, 5) is 2.52. The molecule has 2 N–H and O–H groups in total. The second kappa shape index (κ2) is 5.31. The van der Waals surface area contributed by atoms with Gasteiger partial charge in [0, 0.05) is 18.6 Å². The lowest BCUT2D eigenvalue weighted by Gasteiger charge is -2.46. The van der Waals surface area contributed by atoms with E-state index in [2.05, 4.69) is 32.7 Å². The largest absolute Gasteiger partial charge is 0.329 e. The number of rotatable bonds is 4. The van der Waals surface area contributed by atoms with Crippen LogP contribution in [0.5, 0.6) is 0 Å². The first-order valence-electron chi connectivity index (χ1n) is 6.41. The van der Waals surface area contributed by atoms with Crippen molar-refractivity contribution >= 4 is 0 Å². The van der Waals surface area contributed by atoms with E-state index in [9.17, 15) is 0 Å². The first-order chi connectivity index (χ1) is 7.00. The molecule has 15 heavy (non-hydrogen) atoms. The number of hydrogen-bond acceptors (Lipinski definition) is 2. The Kier molecular flexibility index (Phi) is 4.60. The maximum Gasteiger partial charge on any atom is 0.0329 e. The van der Waals surface area contributed by atoms with Gasteiger partial charge in [-0.3, -0.25) is 4.90 Å². The Morgan fingerprint density at radius 1 is 1.33 bits per heavy atom. The number of nitrogens with zero attached hydrogens (tertiary/aromatic N) is 1. The monoisotopic (exact) mass is 212 g/mol. The van der Waals surface area contributed by atoms with Crippen LogP contribution in [0.2, 0.25) is 0 Å². The van der Waals surface area contributed by atoms with Gasteiger partial charge in [-0.15, -0.1) is 0 Å². The number of nitrogens with two attached hydrogens (primary N) is 1. The molecule has 1 saturated carbocycles. The SMILES string of the molecule is CC(C)CN(C)C1(CN)CCC(C)CC1. The highest BCUT2D eigenvalue weighted by atomic mass is 15.2. The van der Waals surface area contributed by atoms with Gasteiger partial charge in [-0.25, -0.2) is 0 Å². The van der Waals surface area contributed by atoms with Crippen LogP contribution in [-0.4, -0.2) is 30.6 Å². The van der Waals surface area contributed by atoms with Crippen molar-refractivity contribution in [3.05, 3.63) is 0 Å². The first-order valence-corrected chi connectivity index (χ1v) is 6.41. The van der Waals surface area contributed by atoms with Gasteiger partial charge in [-0.2, -0.15) is 0 Å². The Hall–Kier alpha value is -0.0800. The molecule has 0 atom stereocenters. The van der Waals surface area contributed by atoms with Crippen LogP contribution >= 0.6 is 0 Å². The molecule has 0 amide bonds. The molecule has 1 rings (SSSR count). The van der Waals surface area contributed by atoms with E-state index in [0.29, 0.717) is 5.54 Å². The Labute approximate surface area is 95.2 Å². The lowest BCUT2D eigenvalue weighted by molar-refractivity contribution is 0.0586. The molecule has 1 aliphatic rings. The van der Waals surface area contributed by atoms with Crippen LogP contribution in [0, 0.1) is 11.8 Å². The molecule has 1 fully saturated rings. The molecule has 0 bridgehead atoms. The van der Waals surface area contributed by atoms with E-state index < -0.39 is 0 Å². The van der Waals surface area contributed by atoms with Crippen LogP contribution < -0.4 is 5.73 Å². The third-order valence-corrected chi connectivity index (χ3v) is 4.03. The lowest BCUT2D eigenvalue weighted by Crippen LogP contribution is -2.54. The molecule has 1 aliphatic carbocycles. The minimum atomic E-state index is 0.302.